The lowest BCUT2D eigenvalue weighted by Crippen LogP contribution is -2.42. The summed E-state index contributed by atoms with van der Waals surface area (Å²) in [5.41, 5.74) is 1.01. The van der Waals surface area contributed by atoms with Gasteiger partial charge in [-0.2, -0.15) is 0 Å². The van der Waals surface area contributed by atoms with E-state index in [-0.39, 0.29) is 30.9 Å². The number of carbonyl (C=O) groups excluding carboxylic acids is 2. The Morgan fingerprint density at radius 1 is 1.48 bits per heavy atom. The number of aliphatic hydroxyl groups is 1. The predicted octanol–water partition coefficient (Wildman–Crippen LogP) is 1.23. The molecule has 6 heteroatoms. The second-order valence-corrected chi connectivity index (χ2v) is 5.55. The summed E-state index contributed by atoms with van der Waals surface area (Å²) in [5, 5.41) is 11.9. The van der Waals surface area contributed by atoms with Crippen molar-refractivity contribution in [3.05, 3.63) is 29.6 Å². The maximum Gasteiger partial charge on any atom is 0.231 e. The highest BCUT2D eigenvalue weighted by molar-refractivity contribution is 6.01. The predicted molar refractivity (Wildman–Crippen MR) is 74.2 cm³/mol. The molecule has 2 N–H and O–H groups in total. The molecule has 2 atom stereocenters. The van der Waals surface area contributed by atoms with Crippen LogP contribution in [0.2, 0.25) is 0 Å². The van der Waals surface area contributed by atoms with Crippen molar-refractivity contribution >= 4 is 17.5 Å². The molecule has 0 radical (unpaired) electrons. The number of carbonyl (C=O) groups is 2. The zero-order chi connectivity index (χ0) is 15.0. The summed E-state index contributed by atoms with van der Waals surface area (Å²) >= 11 is 0. The molecule has 1 unspecified atom stereocenters. The van der Waals surface area contributed by atoms with Gasteiger partial charge in [-0.3, -0.25) is 9.59 Å². The summed E-state index contributed by atoms with van der Waals surface area (Å²) in [4.78, 5) is 26.1. The van der Waals surface area contributed by atoms with Crippen molar-refractivity contribution in [3.8, 4) is 0 Å². The van der Waals surface area contributed by atoms with Crippen molar-refractivity contribution < 1.29 is 19.1 Å². The van der Waals surface area contributed by atoms with Crippen LogP contribution in [0.1, 0.15) is 30.7 Å². The molecule has 2 amide bonds. The molecule has 2 heterocycles. The van der Waals surface area contributed by atoms with Crippen molar-refractivity contribution in [2.24, 2.45) is 0 Å². The number of rotatable bonds is 2. The Morgan fingerprint density at radius 3 is 3.05 bits per heavy atom. The Labute approximate surface area is 121 Å². The molecule has 112 valence electrons. The minimum absolute atomic E-state index is 0.0616. The van der Waals surface area contributed by atoms with Gasteiger partial charge in [-0.05, 0) is 30.5 Å². The first-order valence-corrected chi connectivity index (χ1v) is 7.11. The van der Waals surface area contributed by atoms with Gasteiger partial charge in [0.15, 0.2) is 0 Å². The first-order chi connectivity index (χ1) is 10.1. The van der Waals surface area contributed by atoms with Gasteiger partial charge >= 0.3 is 0 Å². The molecule has 0 aromatic heterocycles. The second kappa shape index (κ2) is 5.44. The molecular weight excluding hydrogens is 275 g/mol. The van der Waals surface area contributed by atoms with Crippen LogP contribution in [0, 0.1) is 5.82 Å². The molecule has 0 bridgehead atoms. The maximum atomic E-state index is 13.3. The van der Waals surface area contributed by atoms with Gasteiger partial charge in [0, 0.05) is 18.7 Å². The van der Waals surface area contributed by atoms with Crippen LogP contribution in [0.5, 0.6) is 0 Å². The fraction of sp³-hybridized carbons (Fsp3) is 0.467. The summed E-state index contributed by atoms with van der Waals surface area (Å²) < 4.78 is 13.3. The summed E-state index contributed by atoms with van der Waals surface area (Å²) in [5.74, 6) is -1.49. The Balaban J connectivity index is 1.92. The van der Waals surface area contributed by atoms with E-state index in [2.05, 4.69) is 5.32 Å². The summed E-state index contributed by atoms with van der Waals surface area (Å²) in [6.07, 6.45) is 1.69. The summed E-state index contributed by atoms with van der Waals surface area (Å²) in [6, 6.07) is 3.91. The van der Waals surface area contributed by atoms with Crippen LogP contribution in [-0.2, 0) is 9.59 Å². The van der Waals surface area contributed by atoms with Crippen LogP contribution in [0.3, 0.4) is 0 Å². The molecule has 1 aromatic carbocycles. The molecule has 0 spiro atoms. The molecular formula is C15H17FN2O3. The smallest absolute Gasteiger partial charge is 0.231 e. The van der Waals surface area contributed by atoms with Gasteiger partial charge in [0.2, 0.25) is 11.8 Å². The second-order valence-electron chi connectivity index (χ2n) is 5.55. The lowest BCUT2D eigenvalue weighted by Gasteiger charge is -2.31. The molecule has 21 heavy (non-hydrogen) atoms. The van der Waals surface area contributed by atoms with Crippen LogP contribution in [0.25, 0.3) is 0 Å². The van der Waals surface area contributed by atoms with Gasteiger partial charge < -0.3 is 15.3 Å². The first kappa shape index (κ1) is 14.0. The van der Waals surface area contributed by atoms with Crippen LogP contribution in [0.4, 0.5) is 10.1 Å². The number of anilines is 1. The van der Waals surface area contributed by atoms with E-state index >= 15 is 0 Å². The quantitative estimate of drug-likeness (QED) is 0.861. The third-order valence-corrected chi connectivity index (χ3v) is 4.22. The Hall–Kier alpha value is -1.95. The third-order valence-electron chi connectivity index (χ3n) is 4.22. The number of hydrogen-bond acceptors (Lipinski definition) is 3. The maximum absolute atomic E-state index is 13.3. The van der Waals surface area contributed by atoms with E-state index in [9.17, 15) is 19.1 Å². The Morgan fingerprint density at radius 2 is 2.29 bits per heavy atom. The van der Waals surface area contributed by atoms with E-state index in [1.807, 2.05) is 0 Å². The van der Waals surface area contributed by atoms with Gasteiger partial charge in [0.25, 0.3) is 0 Å². The van der Waals surface area contributed by atoms with Crippen molar-refractivity contribution in [2.75, 3.05) is 18.5 Å². The zero-order valence-electron chi connectivity index (χ0n) is 11.5. The molecule has 5 nitrogen and oxygen atoms in total. The number of hydrogen-bond donors (Lipinski definition) is 2. The van der Waals surface area contributed by atoms with E-state index in [0.717, 1.165) is 12.8 Å². The number of benzene rings is 1. The number of halogens is 1. The molecule has 1 aromatic rings. The molecule has 3 rings (SSSR count). The molecule has 0 saturated carbocycles. The highest BCUT2D eigenvalue weighted by Crippen LogP contribution is 2.35. The molecule has 2 aliphatic heterocycles. The number of fused-ring (bicyclic) bond motifs is 1. The van der Waals surface area contributed by atoms with Gasteiger partial charge in [-0.15, -0.1) is 0 Å². The Bertz CT molecular complexity index is 590. The number of aliphatic hydroxyl groups excluding tert-OH is 1. The first-order valence-electron chi connectivity index (χ1n) is 7.11. The van der Waals surface area contributed by atoms with Crippen LogP contribution < -0.4 is 5.32 Å². The van der Waals surface area contributed by atoms with Crippen LogP contribution in [-0.4, -0.2) is 41.0 Å². The van der Waals surface area contributed by atoms with Crippen LogP contribution >= 0.6 is 0 Å². The normalized spacial score (nSPS) is 24.7. The van der Waals surface area contributed by atoms with Gasteiger partial charge in [-0.1, -0.05) is 6.07 Å². The highest BCUT2D eigenvalue weighted by Gasteiger charge is 2.37. The number of nitrogens with zero attached hydrogens (tertiary/aromatic N) is 1. The van der Waals surface area contributed by atoms with Crippen LogP contribution in [0.15, 0.2) is 18.2 Å². The van der Waals surface area contributed by atoms with E-state index in [0.29, 0.717) is 17.8 Å². The number of likely N-dealkylation sites (tertiary alicyclic amines) is 1. The van der Waals surface area contributed by atoms with Crippen molar-refractivity contribution in [2.45, 2.75) is 31.2 Å². The van der Waals surface area contributed by atoms with E-state index in [4.69, 9.17) is 0 Å². The fourth-order valence-electron chi connectivity index (χ4n) is 3.17. The van der Waals surface area contributed by atoms with Gasteiger partial charge in [0.1, 0.15) is 5.82 Å². The largest absolute Gasteiger partial charge is 0.394 e. The summed E-state index contributed by atoms with van der Waals surface area (Å²) in [7, 11) is 0. The average molecular weight is 292 g/mol. The van der Waals surface area contributed by atoms with Crippen molar-refractivity contribution in [3.63, 3.8) is 0 Å². The van der Waals surface area contributed by atoms with E-state index in [1.165, 1.54) is 12.1 Å². The number of amides is 2. The zero-order valence-corrected chi connectivity index (χ0v) is 11.5. The standard InChI is InChI=1S/C15H17FN2O3/c16-9-3-4-11-12(7-14(20)17-13(11)6-9)15(21)18-5-1-2-10(18)8-19/h3-4,6,10,12,19H,1-2,5,7-8H2,(H,17,20)/t10-,12?/m1/s1. The monoisotopic (exact) mass is 292 g/mol. The fourth-order valence-corrected chi connectivity index (χ4v) is 3.17. The van der Waals surface area contributed by atoms with Crippen molar-refractivity contribution in [1.82, 2.24) is 4.90 Å². The van der Waals surface area contributed by atoms with Gasteiger partial charge in [0.05, 0.1) is 18.6 Å². The molecule has 1 fully saturated rings. The minimum atomic E-state index is -0.596. The van der Waals surface area contributed by atoms with Crippen molar-refractivity contribution in [1.29, 1.82) is 0 Å². The molecule has 0 aliphatic carbocycles. The van der Waals surface area contributed by atoms with Gasteiger partial charge in [-0.25, -0.2) is 4.39 Å². The number of nitrogens with one attached hydrogen (secondary N) is 1. The SMILES string of the molecule is O=C1CC(C(=O)N2CCC[C@@H]2CO)c2ccc(F)cc2N1. The lowest BCUT2D eigenvalue weighted by molar-refractivity contribution is -0.136. The summed E-state index contributed by atoms with van der Waals surface area (Å²) in [6.45, 7) is 0.527. The average Bonchev–Trinajstić information content (AvgIpc) is 2.93. The Kier molecular flexibility index (Phi) is 3.63. The molecule has 2 aliphatic rings. The molecule has 1 saturated heterocycles. The topological polar surface area (TPSA) is 69.6 Å². The van der Waals surface area contributed by atoms with E-state index in [1.54, 1.807) is 11.0 Å². The lowest BCUT2D eigenvalue weighted by atomic mass is 9.89. The minimum Gasteiger partial charge on any atom is -0.394 e. The third kappa shape index (κ3) is 2.51. The highest BCUT2D eigenvalue weighted by atomic mass is 19.1. The van der Waals surface area contributed by atoms with E-state index < -0.39 is 11.7 Å².